The van der Waals surface area contributed by atoms with Gasteiger partial charge in [0.15, 0.2) is 0 Å². The fourth-order valence-electron chi connectivity index (χ4n) is 1.97. The summed E-state index contributed by atoms with van der Waals surface area (Å²) in [4.78, 5) is 10.6. The van der Waals surface area contributed by atoms with Crippen LogP contribution in [0, 0.1) is 5.92 Å². The minimum atomic E-state index is -1.18. The SMILES string of the molecule is NC(=O)C(O)C(N)CC1CCCC1. The highest BCUT2D eigenvalue weighted by molar-refractivity contribution is 5.79. The Morgan fingerprint density at radius 2 is 2.00 bits per heavy atom. The summed E-state index contributed by atoms with van der Waals surface area (Å²) in [5.74, 6) is -0.144. The summed E-state index contributed by atoms with van der Waals surface area (Å²) >= 11 is 0. The summed E-state index contributed by atoms with van der Waals surface area (Å²) in [6.07, 6.45) is 4.34. The normalized spacial score (nSPS) is 22.9. The number of hydrogen-bond acceptors (Lipinski definition) is 3. The molecule has 4 nitrogen and oxygen atoms in total. The van der Waals surface area contributed by atoms with Crippen molar-refractivity contribution in [2.24, 2.45) is 17.4 Å². The number of rotatable bonds is 4. The molecule has 0 aliphatic heterocycles. The average molecular weight is 186 g/mol. The molecular weight excluding hydrogens is 168 g/mol. The van der Waals surface area contributed by atoms with Gasteiger partial charge in [-0.3, -0.25) is 4.79 Å². The van der Waals surface area contributed by atoms with E-state index in [9.17, 15) is 9.90 Å². The predicted octanol–water partition coefficient (Wildman–Crippen LogP) is -0.260. The molecule has 2 atom stereocenters. The van der Waals surface area contributed by atoms with Crippen LogP contribution in [0.4, 0.5) is 0 Å². The second-order valence-corrected chi connectivity index (χ2v) is 3.90. The zero-order valence-corrected chi connectivity index (χ0v) is 7.78. The molecule has 1 fully saturated rings. The van der Waals surface area contributed by atoms with Crippen molar-refractivity contribution in [2.45, 2.75) is 44.2 Å². The first kappa shape index (κ1) is 10.5. The van der Waals surface area contributed by atoms with E-state index in [1.807, 2.05) is 0 Å². The molecule has 0 spiro atoms. The molecule has 76 valence electrons. The minimum Gasteiger partial charge on any atom is -0.382 e. The molecular formula is C9H18N2O2. The molecule has 1 amide bonds. The summed E-state index contributed by atoms with van der Waals surface area (Å²) in [5.41, 5.74) is 10.6. The lowest BCUT2D eigenvalue weighted by molar-refractivity contribution is -0.127. The van der Waals surface area contributed by atoms with Gasteiger partial charge in [0, 0.05) is 6.04 Å². The summed E-state index contributed by atoms with van der Waals surface area (Å²) in [7, 11) is 0. The van der Waals surface area contributed by atoms with E-state index in [0.29, 0.717) is 12.3 Å². The lowest BCUT2D eigenvalue weighted by Crippen LogP contribution is -2.44. The Morgan fingerprint density at radius 3 is 2.46 bits per heavy atom. The maximum Gasteiger partial charge on any atom is 0.247 e. The van der Waals surface area contributed by atoms with Crippen LogP contribution in [0.2, 0.25) is 0 Å². The largest absolute Gasteiger partial charge is 0.382 e. The number of carbonyl (C=O) groups excluding carboxylic acids is 1. The molecule has 4 heteroatoms. The third-order valence-corrected chi connectivity index (χ3v) is 2.78. The quantitative estimate of drug-likeness (QED) is 0.565. The summed E-state index contributed by atoms with van der Waals surface area (Å²) in [6.45, 7) is 0. The van der Waals surface area contributed by atoms with Gasteiger partial charge < -0.3 is 16.6 Å². The van der Waals surface area contributed by atoms with Crippen LogP contribution in [0.5, 0.6) is 0 Å². The van der Waals surface area contributed by atoms with Crippen LogP contribution in [0.15, 0.2) is 0 Å². The zero-order valence-electron chi connectivity index (χ0n) is 7.78. The van der Waals surface area contributed by atoms with Crippen molar-refractivity contribution in [3.8, 4) is 0 Å². The van der Waals surface area contributed by atoms with Gasteiger partial charge in [0.05, 0.1) is 0 Å². The van der Waals surface area contributed by atoms with Gasteiger partial charge in [-0.2, -0.15) is 0 Å². The Labute approximate surface area is 78.3 Å². The van der Waals surface area contributed by atoms with Crippen LogP contribution in [-0.4, -0.2) is 23.2 Å². The minimum absolute atomic E-state index is 0.486. The van der Waals surface area contributed by atoms with Crippen LogP contribution < -0.4 is 11.5 Å². The predicted molar refractivity (Wildman–Crippen MR) is 49.8 cm³/mol. The summed E-state index contributed by atoms with van der Waals surface area (Å²) in [6, 6.07) is -0.486. The van der Waals surface area contributed by atoms with Crippen molar-refractivity contribution < 1.29 is 9.90 Å². The first-order valence-electron chi connectivity index (χ1n) is 4.84. The molecule has 0 aromatic carbocycles. The van der Waals surface area contributed by atoms with Crippen molar-refractivity contribution in [3.63, 3.8) is 0 Å². The van der Waals surface area contributed by atoms with Gasteiger partial charge in [-0.25, -0.2) is 0 Å². The smallest absolute Gasteiger partial charge is 0.247 e. The van der Waals surface area contributed by atoms with Gasteiger partial charge in [-0.05, 0) is 12.3 Å². The molecule has 0 aromatic heterocycles. The fourth-order valence-corrected chi connectivity index (χ4v) is 1.97. The van der Waals surface area contributed by atoms with Gasteiger partial charge >= 0.3 is 0 Å². The van der Waals surface area contributed by atoms with Crippen LogP contribution >= 0.6 is 0 Å². The molecule has 13 heavy (non-hydrogen) atoms. The molecule has 5 N–H and O–H groups in total. The number of nitrogens with two attached hydrogens (primary N) is 2. The Bertz CT molecular complexity index is 178. The Balaban J connectivity index is 2.30. The monoisotopic (exact) mass is 186 g/mol. The molecule has 0 radical (unpaired) electrons. The summed E-state index contributed by atoms with van der Waals surface area (Å²) < 4.78 is 0. The van der Waals surface area contributed by atoms with E-state index in [4.69, 9.17) is 11.5 Å². The standard InChI is InChI=1S/C9H18N2O2/c10-7(8(12)9(11)13)5-6-3-1-2-4-6/h6-8,12H,1-5,10H2,(H2,11,13). The number of aliphatic hydroxyl groups is 1. The average Bonchev–Trinajstić information content (AvgIpc) is 2.55. The first-order valence-corrected chi connectivity index (χ1v) is 4.84. The van der Waals surface area contributed by atoms with Gasteiger partial charge in [0.1, 0.15) is 6.10 Å². The molecule has 0 saturated heterocycles. The molecule has 0 heterocycles. The first-order chi connectivity index (χ1) is 6.11. The molecule has 1 rings (SSSR count). The van der Waals surface area contributed by atoms with Gasteiger partial charge in [0.25, 0.3) is 0 Å². The van der Waals surface area contributed by atoms with Gasteiger partial charge in [-0.15, -0.1) is 0 Å². The highest BCUT2D eigenvalue weighted by Gasteiger charge is 2.25. The fraction of sp³-hybridized carbons (Fsp3) is 0.889. The number of hydrogen-bond donors (Lipinski definition) is 3. The van der Waals surface area contributed by atoms with Crippen LogP contribution in [0.25, 0.3) is 0 Å². The van der Waals surface area contributed by atoms with Crippen LogP contribution in [-0.2, 0) is 4.79 Å². The van der Waals surface area contributed by atoms with Crippen molar-refractivity contribution >= 4 is 5.91 Å². The maximum atomic E-state index is 10.6. The Hall–Kier alpha value is -0.610. The van der Waals surface area contributed by atoms with E-state index in [1.54, 1.807) is 0 Å². The van der Waals surface area contributed by atoms with Crippen LogP contribution in [0.3, 0.4) is 0 Å². The maximum absolute atomic E-state index is 10.6. The third-order valence-electron chi connectivity index (χ3n) is 2.78. The second kappa shape index (κ2) is 4.58. The van der Waals surface area contributed by atoms with Crippen molar-refractivity contribution in [3.05, 3.63) is 0 Å². The Kier molecular flexibility index (Phi) is 3.69. The van der Waals surface area contributed by atoms with E-state index in [-0.39, 0.29) is 0 Å². The van der Waals surface area contributed by atoms with E-state index in [0.717, 1.165) is 0 Å². The van der Waals surface area contributed by atoms with Gasteiger partial charge in [-0.1, -0.05) is 25.7 Å². The number of aliphatic hydroxyl groups excluding tert-OH is 1. The van der Waals surface area contributed by atoms with Gasteiger partial charge in [0.2, 0.25) is 5.91 Å². The van der Waals surface area contributed by atoms with Crippen molar-refractivity contribution in [1.29, 1.82) is 0 Å². The number of carbonyl (C=O) groups is 1. The van der Waals surface area contributed by atoms with Crippen molar-refractivity contribution in [1.82, 2.24) is 0 Å². The second-order valence-electron chi connectivity index (χ2n) is 3.90. The van der Waals surface area contributed by atoms with E-state index in [1.165, 1.54) is 25.7 Å². The van der Waals surface area contributed by atoms with E-state index < -0.39 is 18.1 Å². The van der Waals surface area contributed by atoms with E-state index >= 15 is 0 Å². The lowest BCUT2D eigenvalue weighted by Gasteiger charge is -2.19. The van der Waals surface area contributed by atoms with Crippen LogP contribution in [0.1, 0.15) is 32.1 Å². The highest BCUT2D eigenvalue weighted by Crippen LogP contribution is 2.28. The highest BCUT2D eigenvalue weighted by atomic mass is 16.3. The molecule has 0 aromatic rings. The third kappa shape index (κ3) is 2.97. The van der Waals surface area contributed by atoms with Crippen molar-refractivity contribution in [2.75, 3.05) is 0 Å². The molecule has 0 bridgehead atoms. The Morgan fingerprint density at radius 1 is 1.46 bits per heavy atom. The van der Waals surface area contributed by atoms with E-state index in [2.05, 4.69) is 0 Å². The summed E-state index contributed by atoms with van der Waals surface area (Å²) in [5, 5.41) is 9.26. The molecule has 1 aliphatic rings. The number of primary amides is 1. The number of amides is 1. The molecule has 1 aliphatic carbocycles. The molecule has 1 saturated carbocycles. The topological polar surface area (TPSA) is 89.3 Å². The zero-order chi connectivity index (χ0) is 9.84. The lowest BCUT2D eigenvalue weighted by atomic mass is 9.95. The molecule has 2 unspecified atom stereocenters.